The summed E-state index contributed by atoms with van der Waals surface area (Å²) in [5, 5.41) is 18.1. The molecule has 0 aromatic heterocycles. The second kappa shape index (κ2) is 16.8. The number of rotatable bonds is 17. The van der Waals surface area contributed by atoms with E-state index >= 15 is 0 Å². The fourth-order valence-corrected chi connectivity index (χ4v) is 4.31. The van der Waals surface area contributed by atoms with Crippen LogP contribution in [-0.2, 0) is 19.2 Å². The summed E-state index contributed by atoms with van der Waals surface area (Å²) >= 11 is 1.57. The highest BCUT2D eigenvalue weighted by molar-refractivity contribution is 7.98. The number of nitrogens with zero attached hydrogens (tertiary/aromatic N) is 1. The van der Waals surface area contributed by atoms with E-state index in [9.17, 15) is 24.3 Å². The van der Waals surface area contributed by atoms with Gasteiger partial charge in [-0.2, -0.15) is 11.8 Å². The highest BCUT2D eigenvalue weighted by Crippen LogP contribution is 2.16. The van der Waals surface area contributed by atoms with E-state index in [1.165, 1.54) is 4.90 Å². The van der Waals surface area contributed by atoms with Crippen LogP contribution in [0.15, 0.2) is 0 Å². The number of carboxylic acids is 1. The van der Waals surface area contributed by atoms with Gasteiger partial charge in [0.1, 0.15) is 18.1 Å². The van der Waals surface area contributed by atoms with Crippen molar-refractivity contribution in [3.8, 4) is 0 Å². The molecule has 0 aliphatic heterocycles. The van der Waals surface area contributed by atoms with E-state index in [-0.39, 0.29) is 23.7 Å². The van der Waals surface area contributed by atoms with Crippen LogP contribution in [0.1, 0.15) is 67.2 Å². The molecular weight excluding hydrogens is 468 g/mol. The monoisotopic (exact) mass is 516 g/mol. The van der Waals surface area contributed by atoms with Gasteiger partial charge in [0, 0.05) is 7.05 Å². The maximum absolute atomic E-state index is 13.5. The van der Waals surface area contributed by atoms with E-state index in [2.05, 4.69) is 16.0 Å². The zero-order valence-corrected chi connectivity index (χ0v) is 23.8. The third kappa shape index (κ3) is 12.6. The Morgan fingerprint density at radius 1 is 0.800 bits per heavy atom. The summed E-state index contributed by atoms with van der Waals surface area (Å²) in [7, 11) is 3.27. The first-order valence-corrected chi connectivity index (χ1v) is 13.9. The molecule has 0 aromatic carbocycles. The average molecular weight is 517 g/mol. The summed E-state index contributed by atoms with van der Waals surface area (Å²) in [6.07, 6.45) is 3.65. The van der Waals surface area contributed by atoms with Gasteiger partial charge in [-0.15, -0.1) is 0 Å². The molecule has 0 saturated heterocycles. The summed E-state index contributed by atoms with van der Waals surface area (Å²) in [5.74, 6) is -1.07. The fraction of sp³-hybridized carbons (Fsp3) is 0.840. The number of nitrogens with one attached hydrogen (secondary N) is 3. The van der Waals surface area contributed by atoms with Crippen LogP contribution in [0.25, 0.3) is 0 Å². The largest absolute Gasteiger partial charge is 0.480 e. The Balaban J connectivity index is 5.78. The minimum atomic E-state index is -1.10. The highest BCUT2D eigenvalue weighted by atomic mass is 32.2. The fourth-order valence-electron chi connectivity index (χ4n) is 3.84. The number of thioether (sulfide) groups is 1. The SMILES string of the molecule is CN[C@@H](CC(C)C)C(=O)N[C@H](CCSC)C(=O)N(C)[C@@H](CC(C)C)C(=O)N[C@@H](CC(C)C)C(=O)O. The molecule has 0 aliphatic rings. The normalized spacial score (nSPS) is 15.0. The highest BCUT2D eigenvalue weighted by Gasteiger charge is 2.35. The van der Waals surface area contributed by atoms with Crippen molar-refractivity contribution < 1.29 is 24.3 Å². The summed E-state index contributed by atoms with van der Waals surface area (Å²) < 4.78 is 0. The third-order valence-electron chi connectivity index (χ3n) is 5.73. The van der Waals surface area contributed by atoms with Crippen molar-refractivity contribution in [3.63, 3.8) is 0 Å². The Labute approximate surface area is 215 Å². The smallest absolute Gasteiger partial charge is 0.326 e. The molecule has 0 aromatic rings. The zero-order valence-electron chi connectivity index (χ0n) is 23.0. The van der Waals surface area contributed by atoms with Gasteiger partial charge in [0.2, 0.25) is 17.7 Å². The molecule has 204 valence electrons. The van der Waals surface area contributed by atoms with Gasteiger partial charge in [0.25, 0.3) is 0 Å². The van der Waals surface area contributed by atoms with Crippen LogP contribution in [0.5, 0.6) is 0 Å². The molecule has 0 fully saturated rings. The molecule has 0 spiro atoms. The van der Waals surface area contributed by atoms with Crippen molar-refractivity contribution >= 4 is 35.5 Å². The van der Waals surface area contributed by atoms with Gasteiger partial charge < -0.3 is 26.0 Å². The predicted molar refractivity (Wildman–Crippen MR) is 142 cm³/mol. The molecule has 4 N–H and O–H groups in total. The third-order valence-corrected chi connectivity index (χ3v) is 6.38. The Bertz CT molecular complexity index is 687. The molecule has 0 saturated carbocycles. The summed E-state index contributed by atoms with van der Waals surface area (Å²) in [5.41, 5.74) is 0. The molecular formula is C25H48N4O5S. The van der Waals surface area contributed by atoms with Gasteiger partial charge in [-0.1, -0.05) is 41.5 Å². The van der Waals surface area contributed by atoms with E-state index in [4.69, 9.17) is 0 Å². The second-order valence-corrected chi connectivity index (χ2v) is 11.4. The number of carboxylic acid groups (broad SMARTS) is 1. The van der Waals surface area contributed by atoms with E-state index in [0.29, 0.717) is 37.4 Å². The molecule has 9 nitrogen and oxygen atoms in total. The van der Waals surface area contributed by atoms with Crippen molar-refractivity contribution in [2.24, 2.45) is 17.8 Å². The van der Waals surface area contributed by atoms with E-state index < -0.39 is 36.0 Å². The Morgan fingerprint density at radius 3 is 1.71 bits per heavy atom. The van der Waals surface area contributed by atoms with E-state index in [1.54, 1.807) is 25.9 Å². The van der Waals surface area contributed by atoms with Crippen LogP contribution in [0, 0.1) is 17.8 Å². The van der Waals surface area contributed by atoms with Gasteiger partial charge in [-0.3, -0.25) is 14.4 Å². The Hall–Kier alpha value is -1.81. The van der Waals surface area contributed by atoms with Gasteiger partial charge in [0.05, 0.1) is 6.04 Å². The topological polar surface area (TPSA) is 128 Å². The number of aliphatic carboxylic acids is 1. The van der Waals surface area contributed by atoms with Gasteiger partial charge >= 0.3 is 5.97 Å². The molecule has 35 heavy (non-hydrogen) atoms. The lowest BCUT2D eigenvalue weighted by molar-refractivity contribution is -0.146. The molecule has 0 aliphatic carbocycles. The summed E-state index contributed by atoms with van der Waals surface area (Å²) in [4.78, 5) is 52.7. The van der Waals surface area contributed by atoms with Crippen LogP contribution < -0.4 is 16.0 Å². The molecule has 10 heteroatoms. The molecule has 0 radical (unpaired) electrons. The molecule has 0 rings (SSSR count). The first kappa shape index (κ1) is 33.2. The maximum atomic E-state index is 13.5. The standard InChI is InChI=1S/C25H48N4O5S/c1-15(2)12-19(26-7)22(30)27-18(10-11-35-9)24(32)29(8)21(14-17(5)6)23(31)28-20(25(33)34)13-16(3)4/h15-21,26H,10-14H2,1-9H3,(H,27,30)(H,28,31)(H,33,34)/t18-,19+,20+,21+/m1/s1. The Kier molecular flexibility index (Phi) is 15.9. The first-order chi connectivity index (χ1) is 16.2. The molecule has 3 amide bonds. The summed E-state index contributed by atoms with van der Waals surface area (Å²) in [6.45, 7) is 11.7. The minimum absolute atomic E-state index is 0.0800. The lowest BCUT2D eigenvalue weighted by atomic mass is 9.99. The van der Waals surface area contributed by atoms with Gasteiger partial charge in [0.15, 0.2) is 0 Å². The number of carbonyl (C=O) groups is 4. The van der Waals surface area contributed by atoms with Crippen LogP contribution in [0.3, 0.4) is 0 Å². The second-order valence-electron chi connectivity index (χ2n) is 10.4. The van der Waals surface area contributed by atoms with Crippen LogP contribution in [0.2, 0.25) is 0 Å². The number of likely N-dealkylation sites (N-methyl/N-ethyl adjacent to an activating group) is 2. The average Bonchev–Trinajstić information content (AvgIpc) is 2.76. The van der Waals surface area contributed by atoms with Crippen LogP contribution >= 0.6 is 11.8 Å². The van der Waals surface area contributed by atoms with Crippen LogP contribution in [-0.4, -0.2) is 84.0 Å². The van der Waals surface area contributed by atoms with Crippen molar-refractivity contribution in [1.29, 1.82) is 0 Å². The number of amides is 3. The summed E-state index contributed by atoms with van der Waals surface area (Å²) in [6, 6.07) is -3.08. The van der Waals surface area contributed by atoms with E-state index in [1.807, 2.05) is 47.8 Å². The van der Waals surface area contributed by atoms with Crippen LogP contribution in [0.4, 0.5) is 0 Å². The lowest BCUT2D eigenvalue weighted by Crippen LogP contribution is -2.58. The molecule has 0 heterocycles. The number of hydrogen-bond acceptors (Lipinski definition) is 6. The molecule has 0 bridgehead atoms. The number of carbonyl (C=O) groups excluding carboxylic acids is 3. The van der Waals surface area contributed by atoms with Crippen molar-refractivity contribution in [2.45, 2.75) is 91.4 Å². The van der Waals surface area contributed by atoms with Crippen molar-refractivity contribution in [1.82, 2.24) is 20.9 Å². The molecule has 0 unspecified atom stereocenters. The Morgan fingerprint density at radius 2 is 1.29 bits per heavy atom. The first-order valence-electron chi connectivity index (χ1n) is 12.5. The van der Waals surface area contributed by atoms with Gasteiger partial charge in [-0.25, -0.2) is 4.79 Å². The maximum Gasteiger partial charge on any atom is 0.326 e. The lowest BCUT2D eigenvalue weighted by Gasteiger charge is -2.33. The number of hydrogen-bond donors (Lipinski definition) is 4. The van der Waals surface area contributed by atoms with Gasteiger partial charge in [-0.05, 0) is 62.5 Å². The van der Waals surface area contributed by atoms with Crippen molar-refractivity contribution in [3.05, 3.63) is 0 Å². The minimum Gasteiger partial charge on any atom is -0.480 e. The zero-order chi connectivity index (χ0) is 27.3. The molecule has 4 atom stereocenters. The quantitative estimate of drug-likeness (QED) is 0.234. The predicted octanol–water partition coefficient (Wildman–Crippen LogP) is 2.35. The van der Waals surface area contributed by atoms with Crippen molar-refractivity contribution in [2.75, 3.05) is 26.1 Å². The van der Waals surface area contributed by atoms with E-state index in [0.717, 1.165) is 0 Å².